The van der Waals surface area contributed by atoms with Crippen LogP contribution >= 0.6 is 0 Å². The first-order valence-corrected chi connectivity index (χ1v) is 7.66. The number of benzene rings is 1. The van der Waals surface area contributed by atoms with Gasteiger partial charge >= 0.3 is 5.97 Å². The Bertz CT molecular complexity index is 838. The van der Waals surface area contributed by atoms with Gasteiger partial charge in [0.05, 0.1) is 17.5 Å². The van der Waals surface area contributed by atoms with E-state index in [-0.39, 0.29) is 6.42 Å². The Labute approximate surface area is 134 Å². The molecule has 0 aliphatic rings. The Hall–Kier alpha value is -2.69. The van der Waals surface area contributed by atoms with E-state index in [9.17, 15) is 4.79 Å². The lowest BCUT2D eigenvalue weighted by molar-refractivity contribution is -0.136. The summed E-state index contributed by atoms with van der Waals surface area (Å²) in [5.41, 5.74) is 3.57. The van der Waals surface area contributed by atoms with Crippen LogP contribution in [0.25, 0.3) is 22.4 Å². The summed E-state index contributed by atoms with van der Waals surface area (Å²) < 4.78 is 2.18. The number of fused-ring (bicyclic) bond motifs is 1. The van der Waals surface area contributed by atoms with Crippen LogP contribution in [0.15, 0.2) is 42.7 Å². The average Bonchev–Trinajstić information content (AvgIpc) is 2.85. The number of carboxylic acids is 1. The molecule has 0 saturated heterocycles. The van der Waals surface area contributed by atoms with E-state index in [1.165, 1.54) is 0 Å². The minimum atomic E-state index is -0.835. The van der Waals surface area contributed by atoms with Crippen molar-refractivity contribution >= 4 is 17.0 Å². The smallest absolute Gasteiger partial charge is 0.307 e. The van der Waals surface area contributed by atoms with Crippen molar-refractivity contribution in [1.82, 2.24) is 14.5 Å². The highest BCUT2D eigenvalue weighted by molar-refractivity contribution is 5.82. The summed E-state index contributed by atoms with van der Waals surface area (Å²) in [6, 6.07) is 9.57. The van der Waals surface area contributed by atoms with Crippen LogP contribution in [0, 0.1) is 5.92 Å². The second-order valence-corrected chi connectivity index (χ2v) is 6.08. The Kier molecular flexibility index (Phi) is 4.10. The maximum absolute atomic E-state index is 10.9. The lowest BCUT2D eigenvalue weighted by Gasteiger charge is -2.11. The van der Waals surface area contributed by atoms with E-state index in [4.69, 9.17) is 10.1 Å². The van der Waals surface area contributed by atoms with Crippen LogP contribution in [0.3, 0.4) is 0 Å². The Morgan fingerprint density at radius 2 is 2.13 bits per heavy atom. The summed E-state index contributed by atoms with van der Waals surface area (Å²) in [5, 5.41) is 8.96. The van der Waals surface area contributed by atoms with E-state index in [0.717, 1.165) is 34.5 Å². The van der Waals surface area contributed by atoms with Gasteiger partial charge in [0.25, 0.3) is 0 Å². The first kappa shape index (κ1) is 15.2. The highest BCUT2D eigenvalue weighted by Crippen LogP contribution is 2.26. The molecule has 0 spiro atoms. The van der Waals surface area contributed by atoms with E-state index in [1.54, 1.807) is 12.4 Å². The third-order valence-electron chi connectivity index (χ3n) is 3.64. The number of carbonyl (C=O) groups is 1. The SMILES string of the molecule is CC(C)Cn1c(-c2cccnc2)nc2cc(CC(=O)O)ccc21. The first-order chi connectivity index (χ1) is 11.0. The van der Waals surface area contributed by atoms with E-state index in [0.29, 0.717) is 5.92 Å². The minimum absolute atomic E-state index is 0.00913. The highest BCUT2D eigenvalue weighted by atomic mass is 16.4. The molecule has 0 saturated carbocycles. The number of aliphatic carboxylic acids is 1. The van der Waals surface area contributed by atoms with Gasteiger partial charge in [-0.15, -0.1) is 0 Å². The molecule has 0 unspecified atom stereocenters. The van der Waals surface area contributed by atoms with Crippen molar-refractivity contribution in [3.05, 3.63) is 48.3 Å². The molecule has 5 heteroatoms. The molecule has 118 valence electrons. The highest BCUT2D eigenvalue weighted by Gasteiger charge is 2.14. The molecule has 0 aliphatic carbocycles. The van der Waals surface area contributed by atoms with Gasteiger partial charge in [0.2, 0.25) is 0 Å². The zero-order valence-corrected chi connectivity index (χ0v) is 13.2. The Morgan fingerprint density at radius 1 is 1.30 bits per heavy atom. The number of rotatable bonds is 5. The van der Waals surface area contributed by atoms with Crippen LogP contribution in [0.2, 0.25) is 0 Å². The summed E-state index contributed by atoms with van der Waals surface area (Å²) >= 11 is 0. The van der Waals surface area contributed by atoms with Gasteiger partial charge in [-0.25, -0.2) is 4.98 Å². The van der Waals surface area contributed by atoms with Crippen LogP contribution < -0.4 is 0 Å². The third kappa shape index (κ3) is 3.23. The fourth-order valence-electron chi connectivity index (χ4n) is 2.73. The van der Waals surface area contributed by atoms with Gasteiger partial charge in [-0.1, -0.05) is 19.9 Å². The minimum Gasteiger partial charge on any atom is -0.481 e. The van der Waals surface area contributed by atoms with Crippen LogP contribution in [0.5, 0.6) is 0 Å². The van der Waals surface area contributed by atoms with Crippen molar-refractivity contribution in [2.24, 2.45) is 5.92 Å². The molecule has 0 bridgehead atoms. The van der Waals surface area contributed by atoms with E-state index >= 15 is 0 Å². The molecule has 3 aromatic rings. The normalized spacial score (nSPS) is 11.3. The molecule has 0 fully saturated rings. The predicted octanol–water partition coefficient (Wildman–Crippen LogP) is 3.38. The number of hydrogen-bond acceptors (Lipinski definition) is 3. The second-order valence-electron chi connectivity index (χ2n) is 6.08. The third-order valence-corrected chi connectivity index (χ3v) is 3.64. The lowest BCUT2D eigenvalue weighted by Crippen LogP contribution is -2.06. The zero-order valence-electron chi connectivity index (χ0n) is 13.2. The number of nitrogens with zero attached hydrogens (tertiary/aromatic N) is 3. The number of hydrogen-bond donors (Lipinski definition) is 1. The maximum Gasteiger partial charge on any atom is 0.307 e. The molecule has 0 radical (unpaired) electrons. The predicted molar refractivity (Wildman–Crippen MR) is 89.1 cm³/mol. The van der Waals surface area contributed by atoms with Crippen LogP contribution in [0.4, 0.5) is 0 Å². The van der Waals surface area contributed by atoms with Gasteiger partial charge in [0, 0.05) is 24.5 Å². The van der Waals surface area contributed by atoms with Crippen molar-refractivity contribution < 1.29 is 9.90 Å². The molecule has 0 amide bonds. The van der Waals surface area contributed by atoms with Crippen LogP contribution in [0.1, 0.15) is 19.4 Å². The Balaban J connectivity index is 2.15. The molecule has 2 heterocycles. The number of aromatic nitrogens is 3. The molecule has 3 rings (SSSR count). The van der Waals surface area contributed by atoms with Crippen LogP contribution in [-0.2, 0) is 17.8 Å². The molecule has 23 heavy (non-hydrogen) atoms. The van der Waals surface area contributed by atoms with Crippen molar-refractivity contribution in [1.29, 1.82) is 0 Å². The summed E-state index contributed by atoms with van der Waals surface area (Å²) in [4.78, 5) is 19.8. The van der Waals surface area contributed by atoms with Gasteiger partial charge in [0.1, 0.15) is 5.82 Å². The quantitative estimate of drug-likeness (QED) is 0.784. The topological polar surface area (TPSA) is 68.0 Å². The van der Waals surface area contributed by atoms with Crippen molar-refractivity contribution in [3.63, 3.8) is 0 Å². The standard InChI is InChI=1S/C18H19N3O2/c1-12(2)11-21-16-6-5-13(9-17(22)23)8-15(16)20-18(21)14-4-3-7-19-10-14/h3-8,10,12H,9,11H2,1-2H3,(H,22,23). The Morgan fingerprint density at radius 3 is 2.78 bits per heavy atom. The van der Waals surface area contributed by atoms with Gasteiger partial charge in [-0.2, -0.15) is 0 Å². The molecule has 1 aromatic carbocycles. The summed E-state index contributed by atoms with van der Waals surface area (Å²) in [5.74, 6) is 0.509. The summed E-state index contributed by atoms with van der Waals surface area (Å²) in [7, 11) is 0. The fourth-order valence-corrected chi connectivity index (χ4v) is 2.73. The van der Waals surface area contributed by atoms with Gasteiger partial charge in [-0.3, -0.25) is 9.78 Å². The lowest BCUT2D eigenvalue weighted by atomic mass is 10.1. The van der Waals surface area contributed by atoms with E-state index in [2.05, 4.69) is 23.4 Å². The van der Waals surface area contributed by atoms with Crippen LogP contribution in [-0.4, -0.2) is 25.6 Å². The number of imidazole rings is 1. The zero-order chi connectivity index (χ0) is 16.4. The average molecular weight is 309 g/mol. The van der Waals surface area contributed by atoms with Crippen molar-refractivity contribution in [2.75, 3.05) is 0 Å². The molecule has 0 aliphatic heterocycles. The monoisotopic (exact) mass is 309 g/mol. The van der Waals surface area contributed by atoms with Gasteiger partial charge in [0.15, 0.2) is 0 Å². The van der Waals surface area contributed by atoms with Gasteiger partial charge in [-0.05, 0) is 35.7 Å². The molecule has 1 N–H and O–H groups in total. The van der Waals surface area contributed by atoms with E-state index in [1.807, 2.05) is 30.3 Å². The molecule has 5 nitrogen and oxygen atoms in total. The first-order valence-electron chi connectivity index (χ1n) is 7.66. The number of carboxylic acid groups (broad SMARTS) is 1. The molecular formula is C18H19N3O2. The van der Waals surface area contributed by atoms with Gasteiger partial charge < -0.3 is 9.67 Å². The maximum atomic E-state index is 10.9. The summed E-state index contributed by atoms with van der Waals surface area (Å²) in [6.07, 6.45) is 3.55. The number of pyridine rings is 1. The largest absolute Gasteiger partial charge is 0.481 e. The second kappa shape index (κ2) is 6.20. The van der Waals surface area contributed by atoms with E-state index < -0.39 is 5.97 Å². The van der Waals surface area contributed by atoms with Crippen molar-refractivity contribution in [3.8, 4) is 11.4 Å². The molecular weight excluding hydrogens is 290 g/mol. The molecule has 2 aromatic heterocycles. The fraction of sp³-hybridized carbons (Fsp3) is 0.278. The summed E-state index contributed by atoms with van der Waals surface area (Å²) in [6.45, 7) is 5.17. The van der Waals surface area contributed by atoms with Crippen molar-refractivity contribution in [2.45, 2.75) is 26.8 Å². The molecule has 0 atom stereocenters.